The molecule has 2 atom stereocenters. The number of pyridine rings is 1. The van der Waals surface area contributed by atoms with Gasteiger partial charge in [0.15, 0.2) is 0 Å². The monoisotopic (exact) mass is 295 g/mol. The zero-order valence-corrected chi connectivity index (χ0v) is 10.3. The third kappa shape index (κ3) is 3.81. The van der Waals surface area contributed by atoms with Crippen molar-refractivity contribution in [3.63, 3.8) is 0 Å². The number of aliphatic hydroxyl groups is 2. The summed E-state index contributed by atoms with van der Waals surface area (Å²) < 4.78 is 42.7. The van der Waals surface area contributed by atoms with Crippen molar-refractivity contribution in [1.82, 2.24) is 4.98 Å². The van der Waals surface area contributed by atoms with Crippen LogP contribution in [0.25, 0.3) is 0 Å². The maximum absolute atomic E-state index is 12.7. The van der Waals surface area contributed by atoms with E-state index in [1.54, 1.807) is 0 Å². The minimum Gasteiger partial charge on any atom is -0.481 e. The predicted molar refractivity (Wildman–Crippen MR) is 59.0 cm³/mol. The lowest BCUT2D eigenvalue weighted by molar-refractivity contribution is -0.142. The summed E-state index contributed by atoms with van der Waals surface area (Å²) in [5, 5.41) is 27.5. The minimum absolute atomic E-state index is 0.355. The van der Waals surface area contributed by atoms with Crippen molar-refractivity contribution in [3.8, 4) is 5.88 Å². The molecule has 20 heavy (non-hydrogen) atoms. The molecule has 3 N–H and O–H groups in total. The van der Waals surface area contributed by atoms with Crippen molar-refractivity contribution >= 4 is 5.97 Å². The fourth-order valence-electron chi connectivity index (χ4n) is 1.51. The van der Waals surface area contributed by atoms with Crippen LogP contribution in [0.2, 0.25) is 0 Å². The standard InChI is InChI=1S/C11H12F3NO5/c1-20-10-6(11(12,13)14)2-5(4-15-10)9(19)7(16)3-8(17)18/h2,4,7,9,16,19H,3H2,1H3,(H,17,18). The molecule has 9 heteroatoms. The third-order valence-electron chi connectivity index (χ3n) is 2.46. The molecule has 112 valence electrons. The Morgan fingerprint density at radius 2 is 2.05 bits per heavy atom. The van der Waals surface area contributed by atoms with E-state index in [1.807, 2.05) is 0 Å². The summed E-state index contributed by atoms with van der Waals surface area (Å²) in [6.07, 6.45) is -8.24. The van der Waals surface area contributed by atoms with Crippen LogP contribution in [0.5, 0.6) is 5.88 Å². The summed E-state index contributed by atoms with van der Waals surface area (Å²) in [6.45, 7) is 0. The fraction of sp³-hybridized carbons (Fsp3) is 0.455. The number of methoxy groups -OCH3 is 1. The van der Waals surface area contributed by atoms with Crippen LogP contribution in [0.1, 0.15) is 23.7 Å². The van der Waals surface area contributed by atoms with E-state index in [1.165, 1.54) is 0 Å². The second-order valence-corrected chi connectivity index (χ2v) is 3.93. The van der Waals surface area contributed by atoms with E-state index in [0.717, 1.165) is 13.3 Å². The molecule has 0 saturated carbocycles. The highest BCUT2D eigenvalue weighted by Crippen LogP contribution is 2.36. The van der Waals surface area contributed by atoms with E-state index >= 15 is 0 Å². The average Bonchev–Trinajstić information content (AvgIpc) is 2.35. The first-order valence-corrected chi connectivity index (χ1v) is 5.36. The molecule has 1 heterocycles. The van der Waals surface area contributed by atoms with Gasteiger partial charge in [0, 0.05) is 11.8 Å². The quantitative estimate of drug-likeness (QED) is 0.748. The zero-order valence-electron chi connectivity index (χ0n) is 10.3. The predicted octanol–water partition coefficient (Wildman–Crippen LogP) is 0.978. The molecule has 1 rings (SSSR count). The summed E-state index contributed by atoms with van der Waals surface area (Å²) in [7, 11) is 1.01. The van der Waals surface area contributed by atoms with Crippen molar-refractivity contribution in [2.45, 2.75) is 24.8 Å². The first-order valence-electron chi connectivity index (χ1n) is 5.36. The topological polar surface area (TPSA) is 99.9 Å². The molecule has 2 unspecified atom stereocenters. The van der Waals surface area contributed by atoms with Crippen LogP contribution in [-0.2, 0) is 11.0 Å². The Bertz CT molecular complexity index is 491. The van der Waals surface area contributed by atoms with Gasteiger partial charge in [-0.3, -0.25) is 4.79 Å². The van der Waals surface area contributed by atoms with E-state index < -0.39 is 42.2 Å². The summed E-state index contributed by atoms with van der Waals surface area (Å²) in [6, 6.07) is 0.557. The number of nitrogens with zero attached hydrogens (tertiary/aromatic N) is 1. The number of aliphatic hydroxyl groups excluding tert-OH is 2. The molecule has 6 nitrogen and oxygen atoms in total. The highest BCUT2D eigenvalue weighted by molar-refractivity contribution is 5.67. The van der Waals surface area contributed by atoms with Crippen LogP contribution in [-0.4, -0.2) is 39.5 Å². The molecular formula is C11H12F3NO5. The molecular weight excluding hydrogens is 283 g/mol. The summed E-state index contributed by atoms with van der Waals surface area (Å²) >= 11 is 0. The highest BCUT2D eigenvalue weighted by atomic mass is 19.4. The minimum atomic E-state index is -4.76. The van der Waals surface area contributed by atoms with Crippen LogP contribution in [0, 0.1) is 0 Å². The van der Waals surface area contributed by atoms with Crippen molar-refractivity contribution < 1.29 is 38.0 Å². The number of halogens is 3. The third-order valence-corrected chi connectivity index (χ3v) is 2.46. The lowest BCUT2D eigenvalue weighted by atomic mass is 10.0. The van der Waals surface area contributed by atoms with E-state index in [2.05, 4.69) is 9.72 Å². The summed E-state index contributed by atoms with van der Waals surface area (Å²) in [5.74, 6) is -2.07. The van der Waals surface area contributed by atoms with E-state index in [4.69, 9.17) is 5.11 Å². The Morgan fingerprint density at radius 1 is 1.45 bits per heavy atom. The van der Waals surface area contributed by atoms with Gasteiger partial charge in [0.25, 0.3) is 0 Å². The van der Waals surface area contributed by atoms with Gasteiger partial charge < -0.3 is 20.1 Å². The number of carboxylic acid groups (broad SMARTS) is 1. The van der Waals surface area contributed by atoms with Gasteiger partial charge in [-0.05, 0) is 6.07 Å². The molecule has 0 aliphatic heterocycles. The molecule has 0 amide bonds. The second kappa shape index (κ2) is 6.06. The average molecular weight is 295 g/mol. The van der Waals surface area contributed by atoms with E-state index in [9.17, 15) is 28.2 Å². The van der Waals surface area contributed by atoms with Gasteiger partial charge in [-0.1, -0.05) is 0 Å². The molecule has 0 aliphatic rings. The lowest BCUT2D eigenvalue weighted by Gasteiger charge is -2.18. The van der Waals surface area contributed by atoms with Gasteiger partial charge >= 0.3 is 12.1 Å². The Hall–Kier alpha value is -1.87. The Kier molecular flexibility index (Phi) is 4.90. The Labute approximate surface area is 111 Å². The number of ether oxygens (including phenoxy) is 1. The number of hydrogen-bond acceptors (Lipinski definition) is 5. The van der Waals surface area contributed by atoms with Gasteiger partial charge in [0.1, 0.15) is 11.7 Å². The molecule has 0 bridgehead atoms. The van der Waals surface area contributed by atoms with E-state index in [0.29, 0.717) is 6.07 Å². The maximum atomic E-state index is 12.7. The first kappa shape index (κ1) is 16.2. The molecule has 0 fully saturated rings. The van der Waals surface area contributed by atoms with Gasteiger partial charge in [0.2, 0.25) is 5.88 Å². The molecule has 1 aromatic rings. The van der Waals surface area contributed by atoms with Crippen LogP contribution >= 0.6 is 0 Å². The number of aliphatic carboxylic acids is 1. The summed E-state index contributed by atoms with van der Waals surface area (Å²) in [5.41, 5.74) is -1.58. The number of carboxylic acids is 1. The molecule has 1 aromatic heterocycles. The number of aromatic nitrogens is 1. The fourth-order valence-corrected chi connectivity index (χ4v) is 1.51. The van der Waals surface area contributed by atoms with Crippen LogP contribution in [0.15, 0.2) is 12.3 Å². The number of hydrogen-bond donors (Lipinski definition) is 3. The first-order chi connectivity index (χ1) is 9.16. The van der Waals surface area contributed by atoms with Crippen LogP contribution < -0.4 is 4.74 Å². The van der Waals surface area contributed by atoms with Crippen molar-refractivity contribution in [2.75, 3.05) is 7.11 Å². The lowest BCUT2D eigenvalue weighted by Crippen LogP contribution is -2.22. The van der Waals surface area contributed by atoms with Crippen LogP contribution in [0.4, 0.5) is 13.2 Å². The molecule has 0 aromatic carbocycles. The Morgan fingerprint density at radius 3 is 2.50 bits per heavy atom. The van der Waals surface area contributed by atoms with Crippen molar-refractivity contribution in [3.05, 3.63) is 23.4 Å². The molecule has 0 saturated heterocycles. The van der Waals surface area contributed by atoms with Gasteiger partial charge in [-0.2, -0.15) is 13.2 Å². The van der Waals surface area contributed by atoms with E-state index in [-0.39, 0.29) is 5.56 Å². The maximum Gasteiger partial charge on any atom is 0.421 e. The van der Waals surface area contributed by atoms with Gasteiger partial charge in [-0.25, -0.2) is 4.98 Å². The normalized spacial score (nSPS) is 14.7. The molecule has 0 aliphatic carbocycles. The number of alkyl halides is 3. The SMILES string of the molecule is COc1ncc(C(O)C(O)CC(=O)O)cc1C(F)(F)F. The molecule has 0 radical (unpaired) electrons. The smallest absolute Gasteiger partial charge is 0.421 e. The zero-order chi connectivity index (χ0) is 15.5. The largest absolute Gasteiger partial charge is 0.481 e. The number of carbonyl (C=O) groups is 1. The molecule has 0 spiro atoms. The van der Waals surface area contributed by atoms with Crippen molar-refractivity contribution in [1.29, 1.82) is 0 Å². The second-order valence-electron chi connectivity index (χ2n) is 3.93. The highest BCUT2D eigenvalue weighted by Gasteiger charge is 2.36. The van der Waals surface area contributed by atoms with Crippen molar-refractivity contribution in [2.24, 2.45) is 0 Å². The van der Waals surface area contributed by atoms with Crippen LogP contribution in [0.3, 0.4) is 0 Å². The van der Waals surface area contributed by atoms with Gasteiger partial charge in [0.05, 0.1) is 19.6 Å². The summed E-state index contributed by atoms with van der Waals surface area (Å²) in [4.78, 5) is 13.8. The Balaban J connectivity index is 3.11. The van der Waals surface area contributed by atoms with Gasteiger partial charge in [-0.15, -0.1) is 0 Å². The number of rotatable bonds is 5.